The van der Waals surface area contributed by atoms with Gasteiger partial charge in [0.2, 0.25) is 0 Å². The number of allylic oxidation sites excluding steroid dienone is 7. The average Bonchev–Trinajstić information content (AvgIpc) is 3.22. The standard InChI is InChI=1S/C31H38NO2P/c1-5-21(2)31(22(3)35)26-15-16-27-28(25-13-11-23(12-14-25)17-30(33)34-4)20-32(29(27)18-26)19-24-9-7-6-8-10-24/h11-15,18,20,24,27H,1,6-10,16-17,19,35H2,2-4H3/b31-22+. The van der Waals surface area contributed by atoms with E-state index in [2.05, 4.69) is 82.9 Å². The van der Waals surface area contributed by atoms with Crippen molar-refractivity contribution in [2.75, 3.05) is 13.7 Å². The molecule has 2 aliphatic carbocycles. The van der Waals surface area contributed by atoms with Crippen LogP contribution in [0.15, 0.2) is 82.7 Å². The van der Waals surface area contributed by atoms with Gasteiger partial charge in [-0.15, -0.1) is 15.0 Å². The summed E-state index contributed by atoms with van der Waals surface area (Å²) in [4.78, 5) is 14.2. The third-order valence-electron chi connectivity index (χ3n) is 7.60. The van der Waals surface area contributed by atoms with Crippen LogP contribution < -0.4 is 0 Å². The Labute approximate surface area is 213 Å². The van der Waals surface area contributed by atoms with Crippen molar-refractivity contribution < 1.29 is 9.53 Å². The number of esters is 1. The third-order valence-corrected chi connectivity index (χ3v) is 7.89. The van der Waals surface area contributed by atoms with Gasteiger partial charge in [-0.2, -0.15) is 0 Å². The molecule has 0 aromatic heterocycles. The van der Waals surface area contributed by atoms with Crippen molar-refractivity contribution in [3.8, 4) is 0 Å². The molecule has 35 heavy (non-hydrogen) atoms. The van der Waals surface area contributed by atoms with Gasteiger partial charge < -0.3 is 9.64 Å². The van der Waals surface area contributed by atoms with E-state index in [1.807, 2.05) is 0 Å². The Bertz CT molecular complexity index is 1130. The van der Waals surface area contributed by atoms with Crippen LogP contribution in [0.1, 0.15) is 63.5 Å². The molecule has 3 nitrogen and oxygen atoms in total. The van der Waals surface area contributed by atoms with E-state index in [-0.39, 0.29) is 5.97 Å². The molecule has 1 saturated carbocycles. The highest BCUT2D eigenvalue weighted by molar-refractivity contribution is 7.22. The molecule has 2 atom stereocenters. The second-order valence-corrected chi connectivity index (χ2v) is 10.9. The van der Waals surface area contributed by atoms with Gasteiger partial charge >= 0.3 is 5.97 Å². The molecular weight excluding hydrogens is 449 g/mol. The Morgan fingerprint density at radius 3 is 2.51 bits per heavy atom. The molecule has 0 amide bonds. The summed E-state index contributed by atoms with van der Waals surface area (Å²) in [6, 6.07) is 8.43. The summed E-state index contributed by atoms with van der Waals surface area (Å²) in [5.41, 5.74) is 11.7. The molecule has 0 N–H and O–H groups in total. The van der Waals surface area contributed by atoms with Crippen LogP contribution in [-0.2, 0) is 16.0 Å². The molecule has 0 radical (unpaired) electrons. The smallest absolute Gasteiger partial charge is 0.309 e. The molecule has 1 heterocycles. The van der Waals surface area contributed by atoms with E-state index in [9.17, 15) is 4.79 Å². The van der Waals surface area contributed by atoms with Crippen molar-refractivity contribution in [2.45, 2.75) is 58.8 Å². The second-order valence-electron chi connectivity index (χ2n) is 10.1. The zero-order chi connectivity index (χ0) is 24.9. The molecule has 0 bridgehead atoms. The van der Waals surface area contributed by atoms with Crippen LogP contribution in [0.5, 0.6) is 0 Å². The Hall–Kier alpha value is -2.60. The molecule has 0 saturated heterocycles. The van der Waals surface area contributed by atoms with Gasteiger partial charge in [0.15, 0.2) is 0 Å². The molecule has 4 heteroatoms. The Kier molecular flexibility index (Phi) is 8.32. The number of benzene rings is 1. The van der Waals surface area contributed by atoms with Crippen molar-refractivity contribution >= 4 is 20.8 Å². The van der Waals surface area contributed by atoms with Crippen molar-refractivity contribution in [3.05, 3.63) is 93.8 Å². The fraction of sp³-hybridized carbons (Fsp3) is 0.419. The van der Waals surface area contributed by atoms with E-state index in [1.54, 1.807) is 0 Å². The van der Waals surface area contributed by atoms with Gasteiger partial charge in [0, 0.05) is 24.4 Å². The fourth-order valence-corrected chi connectivity index (χ4v) is 6.11. The van der Waals surface area contributed by atoms with E-state index >= 15 is 0 Å². The molecule has 0 spiro atoms. The molecule has 1 aliphatic heterocycles. The first kappa shape index (κ1) is 25.5. The molecule has 4 rings (SSSR count). The quantitative estimate of drug-likeness (QED) is 0.174. The van der Waals surface area contributed by atoms with Gasteiger partial charge in [-0.05, 0) is 83.8 Å². The van der Waals surface area contributed by atoms with Crippen LogP contribution in [0.2, 0.25) is 0 Å². The van der Waals surface area contributed by atoms with Gasteiger partial charge in [-0.3, -0.25) is 4.79 Å². The number of carbonyl (C=O) groups excluding carboxylic acids is 1. The molecule has 1 aromatic carbocycles. The number of hydrogen-bond acceptors (Lipinski definition) is 3. The molecule has 1 fully saturated rings. The summed E-state index contributed by atoms with van der Waals surface area (Å²) in [5.74, 6) is 0.905. The van der Waals surface area contributed by atoms with Gasteiger partial charge in [0.05, 0.1) is 13.5 Å². The number of ether oxygens (including phenoxy) is 1. The number of carbonyl (C=O) groups is 1. The van der Waals surface area contributed by atoms with E-state index in [0.717, 1.165) is 30.0 Å². The van der Waals surface area contributed by atoms with Crippen LogP contribution >= 0.6 is 9.24 Å². The summed E-state index contributed by atoms with van der Waals surface area (Å²) >= 11 is 0. The summed E-state index contributed by atoms with van der Waals surface area (Å²) in [6.07, 6.45) is 15.2. The zero-order valence-electron chi connectivity index (χ0n) is 21.4. The van der Waals surface area contributed by atoms with E-state index in [4.69, 9.17) is 4.74 Å². The number of methoxy groups -OCH3 is 1. The Morgan fingerprint density at radius 1 is 1.17 bits per heavy atom. The minimum atomic E-state index is -0.205. The van der Waals surface area contributed by atoms with Gasteiger partial charge in [0.1, 0.15) is 0 Å². The first-order chi connectivity index (χ1) is 16.9. The lowest BCUT2D eigenvalue weighted by atomic mass is 9.83. The predicted molar refractivity (Wildman–Crippen MR) is 148 cm³/mol. The summed E-state index contributed by atoms with van der Waals surface area (Å²) in [5, 5.41) is 1.21. The topological polar surface area (TPSA) is 29.5 Å². The number of fused-ring (bicyclic) bond motifs is 1. The number of rotatable bonds is 7. The van der Waals surface area contributed by atoms with E-state index in [0.29, 0.717) is 12.3 Å². The predicted octanol–water partition coefficient (Wildman–Crippen LogP) is 7.35. The largest absolute Gasteiger partial charge is 0.469 e. The molecular formula is C31H38NO2P. The molecule has 2 unspecified atom stereocenters. The van der Waals surface area contributed by atoms with Crippen LogP contribution in [0, 0.1) is 11.8 Å². The molecule has 3 aliphatic rings. The maximum absolute atomic E-state index is 11.7. The van der Waals surface area contributed by atoms with Crippen LogP contribution in [0.25, 0.3) is 5.57 Å². The van der Waals surface area contributed by atoms with E-state index < -0.39 is 0 Å². The maximum Gasteiger partial charge on any atom is 0.309 e. The van der Waals surface area contributed by atoms with E-state index in [1.165, 1.54) is 72.5 Å². The normalized spacial score (nSPS) is 20.7. The maximum atomic E-state index is 11.7. The molecule has 1 aromatic rings. The lowest BCUT2D eigenvalue weighted by molar-refractivity contribution is -0.139. The van der Waals surface area contributed by atoms with Crippen LogP contribution in [0.4, 0.5) is 0 Å². The highest BCUT2D eigenvalue weighted by Gasteiger charge is 2.34. The van der Waals surface area contributed by atoms with Crippen LogP contribution in [0.3, 0.4) is 0 Å². The zero-order valence-corrected chi connectivity index (χ0v) is 22.6. The molecule has 184 valence electrons. The van der Waals surface area contributed by atoms with Crippen LogP contribution in [-0.4, -0.2) is 24.5 Å². The van der Waals surface area contributed by atoms with Gasteiger partial charge in [-0.25, -0.2) is 0 Å². The van der Waals surface area contributed by atoms with Gasteiger partial charge in [0.25, 0.3) is 0 Å². The second kappa shape index (κ2) is 11.4. The average molecular weight is 488 g/mol. The third kappa shape index (κ3) is 5.80. The van der Waals surface area contributed by atoms with Crippen molar-refractivity contribution in [3.63, 3.8) is 0 Å². The number of hydrogen-bond donors (Lipinski definition) is 0. The fourth-order valence-electron chi connectivity index (χ4n) is 5.72. The van der Waals surface area contributed by atoms with Crippen molar-refractivity contribution in [2.24, 2.45) is 11.8 Å². The first-order valence-corrected chi connectivity index (χ1v) is 13.4. The minimum Gasteiger partial charge on any atom is -0.469 e. The Balaban J connectivity index is 1.66. The summed E-state index contributed by atoms with van der Waals surface area (Å²) in [7, 11) is 4.30. The SMILES string of the molecule is C=C=C(C)/C(C1=CCC2C(c3ccc(CC(=O)OC)cc3)=CN(CC3CCCCC3)C2=C1)=C(/C)P. The summed E-state index contributed by atoms with van der Waals surface area (Å²) in [6.45, 7) is 9.22. The highest BCUT2D eigenvalue weighted by atomic mass is 31.0. The van der Waals surface area contributed by atoms with Crippen molar-refractivity contribution in [1.29, 1.82) is 0 Å². The van der Waals surface area contributed by atoms with Gasteiger partial charge in [-0.1, -0.05) is 56.2 Å². The first-order valence-electron chi connectivity index (χ1n) is 12.8. The minimum absolute atomic E-state index is 0.205. The monoisotopic (exact) mass is 487 g/mol. The number of nitrogens with zero attached hydrogens (tertiary/aromatic N) is 1. The Morgan fingerprint density at radius 2 is 1.89 bits per heavy atom. The lowest BCUT2D eigenvalue weighted by Gasteiger charge is -2.31. The van der Waals surface area contributed by atoms with Crippen molar-refractivity contribution in [1.82, 2.24) is 4.90 Å². The summed E-state index contributed by atoms with van der Waals surface area (Å²) < 4.78 is 4.83. The lowest BCUT2D eigenvalue weighted by Crippen LogP contribution is -2.26. The highest BCUT2D eigenvalue weighted by Crippen LogP contribution is 2.46.